The summed E-state index contributed by atoms with van der Waals surface area (Å²) in [4.78, 5) is 0. The number of hydrogen-bond donors (Lipinski definition) is 1. The molecule has 0 saturated heterocycles. The fraction of sp³-hybridized carbons (Fsp3) is 1.00. The zero-order chi connectivity index (χ0) is 7.21. The number of halogens is 1. The van der Waals surface area contributed by atoms with Crippen LogP contribution in [0.15, 0.2) is 0 Å². The molecule has 0 spiro atoms. The first-order valence-electron chi connectivity index (χ1n) is 1.47. The summed E-state index contributed by atoms with van der Waals surface area (Å²) in [6, 6.07) is 0. The van der Waals surface area contributed by atoms with Crippen molar-refractivity contribution in [2.75, 3.05) is 12.9 Å². The summed E-state index contributed by atoms with van der Waals surface area (Å²) in [7, 11) is -3.29. The van der Waals surface area contributed by atoms with Crippen molar-refractivity contribution in [2.24, 2.45) is 0 Å². The summed E-state index contributed by atoms with van der Waals surface area (Å²) >= 11 is 2.94. The molecule has 0 amide bonds. The molecule has 0 aromatic heterocycles. The Bertz CT molecular complexity index is 116. The molecule has 0 aromatic rings. The Balaban J connectivity index is 0. The van der Waals surface area contributed by atoms with E-state index < -0.39 is 10.4 Å². The first-order chi connectivity index (χ1) is 3.56. The molecule has 52 valence electrons. The predicted octanol–water partition coefficient (Wildman–Crippen LogP) is 0.447. The molecular weight excluding hydrogens is 200 g/mol. The quantitative estimate of drug-likeness (QED) is 0.500. The standard InChI is InChI=1S/CH3Br.CH4O4S/c1-2;1-5-6(2,3)4/h1H3;1H3,(H,2,3,4). The van der Waals surface area contributed by atoms with E-state index in [2.05, 4.69) is 20.1 Å². The van der Waals surface area contributed by atoms with Crippen LogP contribution in [0.1, 0.15) is 0 Å². The fourth-order valence-corrected chi connectivity index (χ4v) is 0. The summed E-state index contributed by atoms with van der Waals surface area (Å²) in [5.41, 5.74) is 0. The second-order valence-corrected chi connectivity index (χ2v) is 1.78. The minimum atomic E-state index is -4.16. The van der Waals surface area contributed by atoms with Crippen molar-refractivity contribution < 1.29 is 17.2 Å². The lowest BCUT2D eigenvalue weighted by Gasteiger charge is -1.82. The van der Waals surface area contributed by atoms with Crippen LogP contribution in [0.4, 0.5) is 0 Å². The monoisotopic (exact) mass is 206 g/mol. The summed E-state index contributed by atoms with van der Waals surface area (Å²) in [5, 5.41) is 0. The molecule has 1 N–H and O–H groups in total. The molecule has 0 heterocycles. The maximum atomic E-state index is 9.33. The third-order valence-corrected chi connectivity index (χ3v) is 0.632. The average Bonchev–Trinajstić information content (AvgIpc) is 1.71. The zero-order valence-electron chi connectivity index (χ0n) is 4.46. The Hall–Kier alpha value is 0.350. The number of hydrogen-bond acceptors (Lipinski definition) is 3. The van der Waals surface area contributed by atoms with Gasteiger partial charge < -0.3 is 0 Å². The van der Waals surface area contributed by atoms with Gasteiger partial charge in [-0.1, -0.05) is 15.9 Å². The zero-order valence-corrected chi connectivity index (χ0v) is 6.86. The van der Waals surface area contributed by atoms with Crippen LogP contribution in [0.3, 0.4) is 0 Å². The van der Waals surface area contributed by atoms with Gasteiger partial charge in [-0.15, -0.1) is 0 Å². The lowest BCUT2D eigenvalue weighted by molar-refractivity contribution is 0.324. The Morgan fingerprint density at radius 2 is 1.62 bits per heavy atom. The smallest absolute Gasteiger partial charge is 0.264 e. The van der Waals surface area contributed by atoms with E-state index >= 15 is 0 Å². The van der Waals surface area contributed by atoms with Gasteiger partial charge in [0.1, 0.15) is 0 Å². The van der Waals surface area contributed by atoms with E-state index in [1.165, 1.54) is 0 Å². The molecule has 6 heteroatoms. The van der Waals surface area contributed by atoms with Crippen molar-refractivity contribution in [3.05, 3.63) is 0 Å². The third-order valence-electron chi connectivity index (χ3n) is 0.211. The van der Waals surface area contributed by atoms with Crippen LogP contribution in [0.2, 0.25) is 0 Å². The second-order valence-electron chi connectivity index (χ2n) is 0.594. The van der Waals surface area contributed by atoms with E-state index in [1.54, 1.807) is 0 Å². The highest BCUT2D eigenvalue weighted by molar-refractivity contribution is 9.08. The maximum Gasteiger partial charge on any atom is 0.397 e. The highest BCUT2D eigenvalue weighted by atomic mass is 79.9. The molecule has 0 bridgehead atoms. The lowest BCUT2D eigenvalue weighted by atomic mass is 11.8. The van der Waals surface area contributed by atoms with Crippen molar-refractivity contribution in [3.63, 3.8) is 0 Å². The summed E-state index contributed by atoms with van der Waals surface area (Å²) in [6.45, 7) is 0. The fourth-order valence-electron chi connectivity index (χ4n) is 0. The van der Waals surface area contributed by atoms with Gasteiger partial charge in [-0.05, 0) is 5.83 Å². The van der Waals surface area contributed by atoms with Gasteiger partial charge in [0.2, 0.25) is 0 Å². The highest BCUT2D eigenvalue weighted by Crippen LogP contribution is 1.74. The van der Waals surface area contributed by atoms with Crippen LogP contribution < -0.4 is 0 Å². The number of rotatable bonds is 1. The van der Waals surface area contributed by atoms with Crippen molar-refractivity contribution in [1.82, 2.24) is 0 Å². The van der Waals surface area contributed by atoms with E-state index in [-0.39, 0.29) is 0 Å². The van der Waals surface area contributed by atoms with E-state index in [0.29, 0.717) is 0 Å². The van der Waals surface area contributed by atoms with E-state index in [9.17, 15) is 8.42 Å². The second kappa shape index (κ2) is 5.49. The molecule has 0 aromatic carbocycles. The van der Waals surface area contributed by atoms with Crippen LogP contribution >= 0.6 is 15.9 Å². The molecule has 0 saturated carbocycles. The van der Waals surface area contributed by atoms with E-state index in [1.807, 2.05) is 5.83 Å². The molecule has 0 unspecified atom stereocenters. The largest absolute Gasteiger partial charge is 0.397 e. The van der Waals surface area contributed by atoms with Crippen molar-refractivity contribution >= 4 is 26.3 Å². The molecule has 0 radical (unpaired) electrons. The molecule has 4 nitrogen and oxygen atoms in total. The minimum Gasteiger partial charge on any atom is -0.264 e. The van der Waals surface area contributed by atoms with Gasteiger partial charge in [0.15, 0.2) is 0 Å². The molecule has 0 atom stereocenters. The molecule has 0 fully saturated rings. The third kappa shape index (κ3) is 16.2. The van der Waals surface area contributed by atoms with Gasteiger partial charge in [-0.3, -0.25) is 8.74 Å². The van der Waals surface area contributed by atoms with Gasteiger partial charge >= 0.3 is 10.4 Å². The van der Waals surface area contributed by atoms with Crippen LogP contribution in [0.25, 0.3) is 0 Å². The molecule has 8 heavy (non-hydrogen) atoms. The van der Waals surface area contributed by atoms with Gasteiger partial charge in [0.25, 0.3) is 0 Å². The first-order valence-corrected chi connectivity index (χ1v) is 4.42. The van der Waals surface area contributed by atoms with Crippen LogP contribution in [-0.2, 0) is 14.6 Å². The minimum absolute atomic E-state index is 0.870. The summed E-state index contributed by atoms with van der Waals surface area (Å²) in [5.74, 6) is 1.81. The van der Waals surface area contributed by atoms with Gasteiger partial charge in [-0.25, -0.2) is 0 Å². The van der Waals surface area contributed by atoms with Gasteiger partial charge in [0, 0.05) is 0 Å². The van der Waals surface area contributed by atoms with Crippen molar-refractivity contribution in [2.45, 2.75) is 0 Å². The van der Waals surface area contributed by atoms with Crippen molar-refractivity contribution in [3.8, 4) is 0 Å². The van der Waals surface area contributed by atoms with E-state index in [0.717, 1.165) is 7.11 Å². The van der Waals surface area contributed by atoms with Gasteiger partial charge in [0.05, 0.1) is 7.11 Å². The molecule has 0 aliphatic rings. The number of alkyl halides is 1. The highest BCUT2D eigenvalue weighted by Gasteiger charge is 1.93. The predicted molar refractivity (Wildman–Crippen MR) is 33.4 cm³/mol. The van der Waals surface area contributed by atoms with Gasteiger partial charge in [-0.2, -0.15) is 8.42 Å². The lowest BCUT2D eigenvalue weighted by Crippen LogP contribution is -1.96. The average molecular weight is 207 g/mol. The normalized spacial score (nSPS) is 9.50. The van der Waals surface area contributed by atoms with Crippen molar-refractivity contribution in [1.29, 1.82) is 0 Å². The Morgan fingerprint density at radius 1 is 1.50 bits per heavy atom. The van der Waals surface area contributed by atoms with Crippen LogP contribution in [-0.4, -0.2) is 25.9 Å². The Kier molecular flexibility index (Phi) is 7.67. The molecule has 0 aliphatic carbocycles. The Morgan fingerprint density at radius 3 is 1.62 bits per heavy atom. The van der Waals surface area contributed by atoms with Crippen LogP contribution in [0.5, 0.6) is 0 Å². The first kappa shape index (κ1) is 11.2. The summed E-state index contributed by atoms with van der Waals surface area (Å²) in [6.07, 6.45) is 0. The topological polar surface area (TPSA) is 63.6 Å². The molecular formula is C2H7BrO4S. The maximum absolute atomic E-state index is 9.33. The summed E-state index contributed by atoms with van der Waals surface area (Å²) < 4.78 is 29.7. The Labute approximate surface area is 56.9 Å². The molecule has 0 rings (SSSR count). The SMILES string of the molecule is CBr.COS(=O)(=O)O. The molecule has 0 aliphatic heterocycles. The van der Waals surface area contributed by atoms with E-state index in [4.69, 9.17) is 4.55 Å². The van der Waals surface area contributed by atoms with Crippen LogP contribution in [0, 0.1) is 0 Å².